The molecule has 0 fully saturated rings. The number of nitrogens with one attached hydrogen (secondary N) is 2. The third-order valence-electron chi connectivity index (χ3n) is 4.04. The molecule has 1 amide bonds. The Morgan fingerprint density at radius 1 is 1.14 bits per heavy atom. The molecular formula is C19H12N4O5S. The number of hydrogen-bond donors (Lipinski definition) is 2. The third-order valence-corrected chi connectivity index (χ3v) is 4.80. The summed E-state index contributed by atoms with van der Waals surface area (Å²) < 4.78 is 5.31. The molecule has 2 aromatic carbocycles. The predicted molar refractivity (Wildman–Crippen MR) is 108 cm³/mol. The summed E-state index contributed by atoms with van der Waals surface area (Å²) >= 11 is 1.20. The van der Waals surface area contributed by atoms with Crippen molar-refractivity contribution in [2.45, 2.75) is 0 Å². The van der Waals surface area contributed by atoms with Crippen LogP contribution in [0, 0.1) is 10.1 Å². The molecule has 9 nitrogen and oxygen atoms in total. The van der Waals surface area contributed by atoms with Gasteiger partial charge in [-0.2, -0.15) is 0 Å². The molecule has 0 aliphatic carbocycles. The molecule has 144 valence electrons. The number of hydrazine groups is 1. The molecule has 0 saturated heterocycles. The zero-order valence-electron chi connectivity index (χ0n) is 14.6. The van der Waals surface area contributed by atoms with E-state index >= 15 is 0 Å². The van der Waals surface area contributed by atoms with Gasteiger partial charge in [-0.1, -0.05) is 18.2 Å². The number of rotatable bonds is 5. The number of anilines is 1. The van der Waals surface area contributed by atoms with E-state index in [4.69, 9.17) is 4.42 Å². The van der Waals surface area contributed by atoms with Crippen molar-refractivity contribution in [2.75, 3.05) is 5.43 Å². The fourth-order valence-corrected chi connectivity index (χ4v) is 3.28. The number of fused-ring (bicyclic) bond motifs is 1. The van der Waals surface area contributed by atoms with Crippen LogP contribution in [0.2, 0.25) is 0 Å². The molecule has 4 rings (SSSR count). The van der Waals surface area contributed by atoms with E-state index in [0.29, 0.717) is 22.0 Å². The first-order valence-corrected chi connectivity index (χ1v) is 9.19. The third kappa shape index (κ3) is 3.82. The van der Waals surface area contributed by atoms with Crippen molar-refractivity contribution in [2.24, 2.45) is 0 Å². The fourth-order valence-electron chi connectivity index (χ4n) is 2.61. The molecule has 29 heavy (non-hydrogen) atoms. The van der Waals surface area contributed by atoms with Crippen molar-refractivity contribution >= 4 is 39.0 Å². The number of carbonyl (C=O) groups excluding carboxylic acids is 1. The molecule has 0 spiro atoms. The summed E-state index contributed by atoms with van der Waals surface area (Å²) in [7, 11) is 0. The molecule has 4 aromatic rings. The monoisotopic (exact) mass is 408 g/mol. The highest BCUT2D eigenvalue weighted by Crippen LogP contribution is 2.25. The first-order chi connectivity index (χ1) is 14.0. The molecule has 2 N–H and O–H groups in total. The largest absolute Gasteiger partial charge is 0.422 e. The van der Waals surface area contributed by atoms with Gasteiger partial charge in [0.25, 0.3) is 11.6 Å². The second-order valence-electron chi connectivity index (χ2n) is 5.91. The molecule has 2 aromatic heterocycles. The van der Waals surface area contributed by atoms with Crippen molar-refractivity contribution < 1.29 is 14.1 Å². The van der Waals surface area contributed by atoms with Crippen LogP contribution < -0.4 is 16.5 Å². The summed E-state index contributed by atoms with van der Waals surface area (Å²) in [6.07, 6.45) is 0. The van der Waals surface area contributed by atoms with Crippen LogP contribution in [-0.4, -0.2) is 15.8 Å². The van der Waals surface area contributed by atoms with Gasteiger partial charge in [0, 0.05) is 28.5 Å². The molecule has 0 aliphatic rings. The minimum Gasteiger partial charge on any atom is -0.422 e. The molecular weight excluding hydrogens is 396 g/mol. The topological polar surface area (TPSA) is 127 Å². The summed E-state index contributed by atoms with van der Waals surface area (Å²) in [6.45, 7) is 0. The maximum Gasteiger partial charge on any atom is 0.345 e. The molecule has 0 aliphatic heterocycles. The Balaban J connectivity index is 1.48. The number of nitro groups is 1. The summed E-state index contributed by atoms with van der Waals surface area (Å²) in [5.41, 5.74) is 5.99. The first-order valence-electron chi connectivity index (χ1n) is 8.31. The zero-order valence-corrected chi connectivity index (χ0v) is 15.4. The average molecular weight is 408 g/mol. The Kier molecular flexibility index (Phi) is 4.75. The predicted octanol–water partition coefficient (Wildman–Crippen LogP) is 3.58. The van der Waals surface area contributed by atoms with Gasteiger partial charge in [0.1, 0.15) is 5.58 Å². The number of thiazole rings is 1. The second-order valence-corrected chi connectivity index (χ2v) is 6.76. The lowest BCUT2D eigenvalue weighted by molar-refractivity contribution is -0.384. The van der Waals surface area contributed by atoms with E-state index in [1.807, 2.05) is 12.1 Å². The number of nitro benzene ring substituents is 1. The van der Waals surface area contributed by atoms with Gasteiger partial charge in [-0.3, -0.25) is 25.8 Å². The van der Waals surface area contributed by atoms with Crippen LogP contribution in [0.15, 0.2) is 69.2 Å². The molecule has 0 saturated carbocycles. The number of hydrogen-bond acceptors (Lipinski definition) is 8. The van der Waals surface area contributed by atoms with E-state index in [1.54, 1.807) is 23.6 Å². The fraction of sp³-hybridized carbons (Fsp3) is 0. The Hall–Kier alpha value is -4.05. The van der Waals surface area contributed by atoms with Crippen LogP contribution in [0.25, 0.3) is 22.2 Å². The Morgan fingerprint density at radius 2 is 1.90 bits per heavy atom. The highest BCUT2D eigenvalue weighted by molar-refractivity contribution is 7.14. The standard InChI is InChI=1S/C19H12N4O5S/c24-17(11-5-7-13(8-6-11)23(26)27)21-22-19-20-15(10-29-19)14-9-12-3-1-2-4-16(12)28-18(14)25/h1-10H,(H,20,22)(H,21,24). The molecule has 2 heterocycles. The number of para-hydroxylation sites is 1. The Morgan fingerprint density at radius 3 is 2.66 bits per heavy atom. The molecule has 0 atom stereocenters. The van der Waals surface area contributed by atoms with Gasteiger partial charge in [0.05, 0.1) is 16.2 Å². The lowest BCUT2D eigenvalue weighted by Crippen LogP contribution is -2.29. The average Bonchev–Trinajstić information content (AvgIpc) is 3.20. The second kappa shape index (κ2) is 7.52. The van der Waals surface area contributed by atoms with Crippen LogP contribution in [0.3, 0.4) is 0 Å². The number of non-ortho nitro benzene ring substituents is 1. The van der Waals surface area contributed by atoms with E-state index in [2.05, 4.69) is 15.8 Å². The number of amides is 1. The minimum absolute atomic E-state index is 0.103. The van der Waals surface area contributed by atoms with Crippen molar-refractivity contribution in [3.8, 4) is 11.3 Å². The van der Waals surface area contributed by atoms with E-state index in [1.165, 1.54) is 35.6 Å². The van der Waals surface area contributed by atoms with E-state index in [-0.39, 0.29) is 11.3 Å². The minimum atomic E-state index is -0.541. The van der Waals surface area contributed by atoms with Gasteiger partial charge < -0.3 is 4.42 Å². The highest BCUT2D eigenvalue weighted by Gasteiger charge is 2.13. The van der Waals surface area contributed by atoms with Gasteiger partial charge in [0.15, 0.2) is 0 Å². The molecule has 0 unspecified atom stereocenters. The van der Waals surface area contributed by atoms with Crippen LogP contribution in [0.4, 0.5) is 10.8 Å². The maximum absolute atomic E-state index is 12.2. The quantitative estimate of drug-likeness (QED) is 0.293. The lowest BCUT2D eigenvalue weighted by Gasteiger charge is -2.05. The number of benzene rings is 2. The zero-order chi connectivity index (χ0) is 20.4. The van der Waals surface area contributed by atoms with Crippen molar-refractivity contribution in [3.05, 3.63) is 86.1 Å². The van der Waals surface area contributed by atoms with Gasteiger partial charge in [-0.25, -0.2) is 9.78 Å². The van der Waals surface area contributed by atoms with Gasteiger partial charge in [-0.15, -0.1) is 11.3 Å². The first kappa shape index (κ1) is 18.3. The van der Waals surface area contributed by atoms with Crippen molar-refractivity contribution in [3.63, 3.8) is 0 Å². The highest BCUT2D eigenvalue weighted by atomic mass is 32.1. The smallest absolute Gasteiger partial charge is 0.345 e. The SMILES string of the molecule is O=C(NNc1nc(-c2cc3ccccc3oc2=O)cs1)c1ccc([N+](=O)[O-])cc1. The van der Waals surface area contributed by atoms with E-state index in [0.717, 1.165) is 5.39 Å². The number of aromatic nitrogens is 1. The van der Waals surface area contributed by atoms with Crippen molar-refractivity contribution in [1.29, 1.82) is 0 Å². The summed E-state index contributed by atoms with van der Waals surface area (Å²) in [4.78, 5) is 38.8. The normalized spacial score (nSPS) is 10.6. The summed E-state index contributed by atoms with van der Waals surface area (Å²) in [6, 6.07) is 14.1. The number of carbonyl (C=O) groups is 1. The molecule has 0 bridgehead atoms. The van der Waals surface area contributed by atoms with Crippen LogP contribution >= 0.6 is 11.3 Å². The van der Waals surface area contributed by atoms with Gasteiger partial charge >= 0.3 is 5.63 Å². The Labute approximate surface area is 166 Å². The number of nitrogens with zero attached hydrogens (tertiary/aromatic N) is 2. The summed E-state index contributed by atoms with van der Waals surface area (Å²) in [5.74, 6) is -0.484. The molecule has 10 heteroatoms. The molecule has 0 radical (unpaired) electrons. The van der Waals surface area contributed by atoms with Crippen LogP contribution in [0.5, 0.6) is 0 Å². The summed E-state index contributed by atoms with van der Waals surface area (Å²) in [5, 5.41) is 13.5. The maximum atomic E-state index is 12.2. The van der Waals surface area contributed by atoms with Gasteiger partial charge in [0.2, 0.25) is 5.13 Å². The van der Waals surface area contributed by atoms with Crippen LogP contribution in [-0.2, 0) is 0 Å². The van der Waals surface area contributed by atoms with Gasteiger partial charge in [-0.05, 0) is 24.3 Å². The van der Waals surface area contributed by atoms with Crippen molar-refractivity contribution in [1.82, 2.24) is 10.4 Å². The Bertz CT molecular complexity index is 1280. The van der Waals surface area contributed by atoms with E-state index in [9.17, 15) is 19.7 Å². The van der Waals surface area contributed by atoms with Crippen LogP contribution in [0.1, 0.15) is 10.4 Å². The lowest BCUT2D eigenvalue weighted by atomic mass is 10.1. The van der Waals surface area contributed by atoms with E-state index < -0.39 is 16.5 Å².